The number of carbonyl (C=O) groups is 1. The van der Waals surface area contributed by atoms with Crippen LogP contribution in [0.1, 0.15) is 6.42 Å². The highest BCUT2D eigenvalue weighted by Crippen LogP contribution is 2.06. The van der Waals surface area contributed by atoms with Crippen LogP contribution in [0.3, 0.4) is 0 Å². The maximum absolute atomic E-state index is 10.2. The quantitative estimate of drug-likeness (QED) is 0.489. The molecule has 0 aliphatic rings. The molecule has 0 saturated carbocycles. The van der Waals surface area contributed by atoms with E-state index in [4.69, 9.17) is 5.11 Å². The predicted molar refractivity (Wildman–Crippen MR) is 48.0 cm³/mol. The van der Waals surface area contributed by atoms with Crippen molar-refractivity contribution < 1.29 is 31.7 Å². The number of carboxylic acid groups (broad SMARTS) is 1. The van der Waals surface area contributed by atoms with Gasteiger partial charge in [0, 0.05) is 0 Å². The van der Waals surface area contributed by atoms with Gasteiger partial charge in [0.1, 0.15) is 18.9 Å². The van der Waals surface area contributed by atoms with Crippen molar-refractivity contribution >= 4 is 13.2 Å². The van der Waals surface area contributed by atoms with E-state index < -0.39 is 13.2 Å². The van der Waals surface area contributed by atoms with Crippen LogP contribution in [0.25, 0.3) is 0 Å². The number of aryl methyl sites for hydroxylation is 2. The molecular weight excluding hydrogens is 231 g/mol. The van der Waals surface area contributed by atoms with Gasteiger partial charge in [-0.1, -0.05) is 0 Å². The lowest BCUT2D eigenvalue weighted by Gasteiger charge is -1.94. The number of halogens is 4. The lowest BCUT2D eigenvalue weighted by atomic mass is 10.3. The Kier molecular flexibility index (Phi) is 5.55. The van der Waals surface area contributed by atoms with Gasteiger partial charge in [-0.15, -0.1) is 0 Å². The van der Waals surface area contributed by atoms with Crippen LogP contribution in [0, 0.1) is 0 Å². The molecule has 0 fully saturated rings. The number of hydrogen-bond donors (Lipinski definition) is 1. The second kappa shape index (κ2) is 6.14. The molecule has 1 N–H and O–H groups in total. The summed E-state index contributed by atoms with van der Waals surface area (Å²) in [6.45, 7) is 0.538. The van der Waals surface area contributed by atoms with Crippen molar-refractivity contribution in [2.45, 2.75) is 13.0 Å². The second-order valence-electron chi connectivity index (χ2n) is 2.96. The summed E-state index contributed by atoms with van der Waals surface area (Å²) in [6, 6.07) is 0. The number of rotatable bonds is 3. The third-order valence-corrected chi connectivity index (χ3v) is 1.41. The highest BCUT2D eigenvalue weighted by Gasteiger charge is 2.20. The predicted octanol–water partition coefficient (Wildman–Crippen LogP) is 1.09. The molecule has 1 aromatic rings. The van der Waals surface area contributed by atoms with E-state index in [1.54, 1.807) is 0 Å². The van der Waals surface area contributed by atoms with Crippen molar-refractivity contribution in [3.63, 3.8) is 0 Å². The van der Waals surface area contributed by atoms with E-state index in [1.807, 2.05) is 34.9 Å². The fourth-order valence-corrected chi connectivity index (χ4v) is 0.859. The molecule has 0 radical (unpaired) electrons. The maximum Gasteiger partial charge on any atom is 0.673 e. The van der Waals surface area contributed by atoms with Crippen LogP contribution in [0.4, 0.5) is 17.3 Å². The van der Waals surface area contributed by atoms with Crippen molar-refractivity contribution in [2.24, 2.45) is 7.05 Å². The standard InChI is InChI=1S/C7H10N2O2.BF4/c1-8-4-5-9(6-8)3-2-7(10)11;2-1(3,4)5/h4-6H,2-3H2,1H3;/q;-1/p+1. The zero-order valence-corrected chi connectivity index (χ0v) is 8.49. The lowest BCUT2D eigenvalue weighted by Crippen LogP contribution is -2.23. The summed E-state index contributed by atoms with van der Waals surface area (Å²) < 4.78 is 42.7. The average molecular weight is 242 g/mol. The zero-order valence-electron chi connectivity index (χ0n) is 8.49. The SMILES string of the molecule is C[n+]1ccn(CCC(=O)O)c1.F[B-](F)(F)F. The summed E-state index contributed by atoms with van der Waals surface area (Å²) in [6.07, 6.45) is 5.75. The highest BCUT2D eigenvalue weighted by atomic mass is 19.5. The van der Waals surface area contributed by atoms with Crippen LogP contribution >= 0.6 is 0 Å². The molecule has 1 aromatic heterocycles. The summed E-state index contributed by atoms with van der Waals surface area (Å²) >= 11 is 0. The van der Waals surface area contributed by atoms with Crippen LogP contribution in [0.2, 0.25) is 0 Å². The van der Waals surface area contributed by atoms with Crippen molar-refractivity contribution in [1.29, 1.82) is 0 Å². The van der Waals surface area contributed by atoms with Crippen LogP contribution in [-0.2, 0) is 18.4 Å². The summed E-state index contributed by atoms with van der Waals surface area (Å²) in [5, 5.41) is 8.36. The molecular formula is C7H11BF4N2O2. The Hall–Kier alpha value is -1.54. The Labute approximate surface area is 89.2 Å². The van der Waals surface area contributed by atoms with Crippen molar-refractivity contribution in [1.82, 2.24) is 4.57 Å². The van der Waals surface area contributed by atoms with Gasteiger partial charge in [0.2, 0.25) is 6.33 Å². The number of hydrogen-bond acceptors (Lipinski definition) is 1. The fourth-order valence-electron chi connectivity index (χ4n) is 0.859. The number of imidazole rings is 1. The summed E-state index contributed by atoms with van der Waals surface area (Å²) in [4.78, 5) is 10.2. The van der Waals surface area contributed by atoms with Crippen molar-refractivity contribution in [3.05, 3.63) is 18.7 Å². The Morgan fingerprint density at radius 2 is 1.94 bits per heavy atom. The topological polar surface area (TPSA) is 46.1 Å². The molecule has 0 atom stereocenters. The molecule has 1 heterocycles. The van der Waals surface area contributed by atoms with Gasteiger partial charge in [-0.3, -0.25) is 4.79 Å². The summed E-state index contributed by atoms with van der Waals surface area (Å²) in [7, 11) is -4.10. The largest absolute Gasteiger partial charge is 0.673 e. The van der Waals surface area contributed by atoms with Crippen LogP contribution in [0.5, 0.6) is 0 Å². The monoisotopic (exact) mass is 242 g/mol. The van der Waals surface area contributed by atoms with Gasteiger partial charge in [0.05, 0.1) is 13.5 Å². The molecule has 16 heavy (non-hydrogen) atoms. The van der Waals surface area contributed by atoms with Crippen LogP contribution in [-0.4, -0.2) is 22.9 Å². The minimum absolute atomic E-state index is 0.175. The average Bonchev–Trinajstić information content (AvgIpc) is 2.44. The molecule has 4 nitrogen and oxygen atoms in total. The third kappa shape index (κ3) is 10.5. The van der Waals surface area contributed by atoms with E-state index in [0.717, 1.165) is 0 Å². The van der Waals surface area contributed by atoms with Crippen LogP contribution < -0.4 is 4.57 Å². The third-order valence-electron chi connectivity index (χ3n) is 1.41. The molecule has 0 saturated heterocycles. The first kappa shape index (κ1) is 14.5. The first-order valence-electron chi connectivity index (χ1n) is 4.28. The van der Waals surface area contributed by atoms with Gasteiger partial charge in [-0.25, -0.2) is 9.13 Å². The van der Waals surface area contributed by atoms with E-state index in [2.05, 4.69) is 0 Å². The van der Waals surface area contributed by atoms with Gasteiger partial charge in [-0.2, -0.15) is 0 Å². The van der Waals surface area contributed by atoms with Gasteiger partial charge in [-0.05, 0) is 0 Å². The first-order valence-corrected chi connectivity index (χ1v) is 4.28. The number of nitrogens with zero attached hydrogens (tertiary/aromatic N) is 2. The molecule has 0 bridgehead atoms. The molecule has 0 unspecified atom stereocenters. The minimum atomic E-state index is -6.00. The van der Waals surface area contributed by atoms with Gasteiger partial charge in [0.15, 0.2) is 0 Å². The minimum Gasteiger partial charge on any atom is -0.481 e. The Morgan fingerprint density at radius 1 is 1.44 bits per heavy atom. The maximum atomic E-state index is 10.2. The fraction of sp³-hybridized carbons (Fsp3) is 0.429. The molecule has 1 rings (SSSR count). The Bertz CT molecular complexity index is 333. The molecule has 0 amide bonds. The first-order chi connectivity index (χ1) is 7.18. The zero-order chi connectivity index (χ0) is 12.8. The summed E-state index contributed by atoms with van der Waals surface area (Å²) in [5.74, 6) is -0.763. The van der Waals surface area contributed by atoms with Gasteiger partial charge >= 0.3 is 13.2 Å². The Morgan fingerprint density at radius 3 is 2.25 bits per heavy atom. The van der Waals surface area contributed by atoms with Crippen molar-refractivity contribution in [3.8, 4) is 0 Å². The highest BCUT2D eigenvalue weighted by molar-refractivity contribution is 6.50. The van der Waals surface area contributed by atoms with Crippen LogP contribution in [0.15, 0.2) is 18.7 Å². The second-order valence-corrected chi connectivity index (χ2v) is 2.96. The van der Waals surface area contributed by atoms with Gasteiger partial charge in [0.25, 0.3) is 0 Å². The van der Waals surface area contributed by atoms with E-state index in [9.17, 15) is 22.1 Å². The smallest absolute Gasteiger partial charge is 0.481 e. The van der Waals surface area contributed by atoms with E-state index in [1.165, 1.54) is 0 Å². The normalized spacial score (nSPS) is 10.6. The van der Waals surface area contributed by atoms with Crippen molar-refractivity contribution in [2.75, 3.05) is 0 Å². The Balaban J connectivity index is 0.000000385. The van der Waals surface area contributed by atoms with E-state index >= 15 is 0 Å². The molecule has 0 aliphatic heterocycles. The number of aromatic nitrogens is 2. The van der Waals surface area contributed by atoms with Gasteiger partial charge < -0.3 is 22.4 Å². The number of aliphatic carboxylic acids is 1. The van der Waals surface area contributed by atoms with E-state index in [0.29, 0.717) is 6.54 Å². The summed E-state index contributed by atoms with van der Waals surface area (Å²) in [5.41, 5.74) is 0. The molecule has 92 valence electrons. The number of carboxylic acids is 1. The van der Waals surface area contributed by atoms with E-state index in [-0.39, 0.29) is 6.42 Å². The molecule has 0 aromatic carbocycles. The lowest BCUT2D eigenvalue weighted by molar-refractivity contribution is -0.671. The molecule has 0 aliphatic carbocycles. The molecule has 9 heteroatoms. The molecule has 0 spiro atoms.